The molecule has 0 saturated heterocycles. The van der Waals surface area contributed by atoms with Gasteiger partial charge < -0.3 is 29.0 Å². The Morgan fingerprint density at radius 1 is 0.519 bits per heavy atom. The molecule has 0 aliphatic heterocycles. The summed E-state index contributed by atoms with van der Waals surface area (Å²) in [5, 5.41) is 23.2. The van der Waals surface area contributed by atoms with Crippen molar-refractivity contribution in [2.24, 2.45) is 0 Å². The molecule has 79 heavy (non-hydrogen) atoms. The van der Waals surface area contributed by atoms with Gasteiger partial charge in [0.15, 0.2) is 11.6 Å². The van der Waals surface area contributed by atoms with E-state index in [9.17, 15) is 9.59 Å². The zero-order valence-electron chi connectivity index (χ0n) is 45.4. The molecule has 0 amide bonds. The molecule has 0 bridgehead atoms. The van der Waals surface area contributed by atoms with Crippen LogP contribution in [0.1, 0.15) is 66.9 Å². The largest absolute Gasteiger partial charge is 0.512 e. The van der Waals surface area contributed by atoms with Crippen molar-refractivity contribution in [3.05, 3.63) is 191 Å². The Labute approximate surface area is 493 Å². The summed E-state index contributed by atoms with van der Waals surface area (Å²) in [6.45, 7) is 20.5. The summed E-state index contributed by atoms with van der Waals surface area (Å²) < 4.78 is 14.7. The van der Waals surface area contributed by atoms with Crippen LogP contribution in [0.3, 0.4) is 0 Å². The van der Waals surface area contributed by atoms with Gasteiger partial charge in [0.25, 0.3) is 0 Å². The molecule has 0 fully saturated rings. The van der Waals surface area contributed by atoms with Gasteiger partial charge in [0, 0.05) is 96.7 Å². The molecule has 8 heterocycles. The molecule has 10 nitrogen and oxygen atoms in total. The minimum absolute atomic E-state index is 0. The summed E-state index contributed by atoms with van der Waals surface area (Å²) in [6.07, 6.45) is 6.26. The summed E-state index contributed by atoms with van der Waals surface area (Å²) in [4.78, 5) is 41.2. The van der Waals surface area contributed by atoms with Crippen LogP contribution < -0.4 is 0 Å². The molecule has 404 valence electrons. The molecule has 0 saturated carbocycles. The normalized spacial score (nSPS) is 11.4. The zero-order valence-corrected chi connectivity index (χ0v) is 51.8. The number of aryl methyl sites for hydroxylation is 7. The second-order valence-corrected chi connectivity index (χ2v) is 21.6. The average Bonchev–Trinajstić information content (AvgIpc) is 4.35. The second kappa shape index (κ2) is 25.2. The first-order valence-electron chi connectivity index (χ1n) is 24.9. The van der Waals surface area contributed by atoms with Gasteiger partial charge >= 0.3 is 0 Å². The second-order valence-electron chi connectivity index (χ2n) is 19.4. The minimum Gasteiger partial charge on any atom is -0.512 e. The van der Waals surface area contributed by atoms with Crippen molar-refractivity contribution in [3.63, 3.8) is 0 Å². The number of allylic oxidation sites excluding steroid dienone is 4. The quantitative estimate of drug-likeness (QED) is 0.0935. The Kier molecular flexibility index (Phi) is 19.0. The molecule has 4 aromatic carbocycles. The van der Waals surface area contributed by atoms with E-state index >= 15 is 0 Å². The molecule has 0 aliphatic rings. The third kappa shape index (κ3) is 13.6. The van der Waals surface area contributed by atoms with E-state index in [1.54, 1.807) is 22.7 Å². The number of rotatable bonds is 6. The Morgan fingerprint density at radius 3 is 1.35 bits per heavy atom. The van der Waals surface area contributed by atoms with E-state index in [4.69, 9.17) is 29.0 Å². The number of aliphatic hydroxyl groups excluding tert-OH is 2. The monoisotopic (exact) mass is 1440 g/mol. The van der Waals surface area contributed by atoms with Gasteiger partial charge in [-0.1, -0.05) is 81.1 Å². The van der Waals surface area contributed by atoms with E-state index in [-0.39, 0.29) is 63.3 Å². The van der Waals surface area contributed by atoms with Crippen molar-refractivity contribution in [2.45, 2.75) is 76.2 Å². The molecular weight excluding hydrogens is 1380 g/mol. The van der Waals surface area contributed by atoms with Gasteiger partial charge in [-0.15, -0.1) is 59.1 Å². The van der Waals surface area contributed by atoms with Crippen molar-refractivity contribution in [1.82, 2.24) is 19.9 Å². The van der Waals surface area contributed by atoms with Crippen molar-refractivity contribution in [1.29, 1.82) is 0 Å². The number of aliphatic hydroxyl groups is 2. The number of carbonyl (C=O) groups is 2. The summed E-state index contributed by atoms with van der Waals surface area (Å²) in [7, 11) is 0. The molecule has 8 aromatic heterocycles. The van der Waals surface area contributed by atoms with Crippen molar-refractivity contribution in [3.8, 4) is 43.4 Å². The van der Waals surface area contributed by atoms with Crippen molar-refractivity contribution < 1.29 is 68.8 Å². The topological polar surface area (TPSA) is 152 Å². The van der Waals surface area contributed by atoms with Gasteiger partial charge in [0.2, 0.25) is 11.4 Å². The molecule has 0 atom stereocenters. The number of fused-ring (bicyclic) bond motifs is 8. The number of furan rings is 2. The molecular formula is C65H56Ir2N4O6S2-2. The zero-order chi connectivity index (χ0) is 54.8. The van der Waals surface area contributed by atoms with Gasteiger partial charge in [-0.05, 0) is 157 Å². The molecule has 14 heteroatoms. The first-order valence-corrected chi connectivity index (χ1v) is 26.6. The number of hydrogen-bond donors (Lipinski definition) is 2. The fraction of sp³-hybridized carbons (Fsp3) is 0.169. The third-order valence-electron chi connectivity index (χ3n) is 12.5. The van der Waals surface area contributed by atoms with Crippen molar-refractivity contribution in [2.75, 3.05) is 0 Å². The number of carbonyl (C=O) groups excluding carboxylic acids is 2. The summed E-state index contributed by atoms with van der Waals surface area (Å²) in [6, 6.07) is 42.8. The van der Waals surface area contributed by atoms with Crippen molar-refractivity contribution >= 4 is 98.6 Å². The van der Waals surface area contributed by atoms with Gasteiger partial charge in [0.1, 0.15) is 0 Å². The first-order chi connectivity index (χ1) is 36.8. The van der Waals surface area contributed by atoms with Crippen LogP contribution in [0.2, 0.25) is 0 Å². The molecule has 12 rings (SSSR count). The first kappa shape index (κ1) is 59.4. The fourth-order valence-corrected chi connectivity index (χ4v) is 11.7. The van der Waals surface area contributed by atoms with Crippen LogP contribution in [0.15, 0.2) is 148 Å². The molecule has 2 radical (unpaired) electrons. The van der Waals surface area contributed by atoms with Gasteiger partial charge in [-0.25, -0.2) is 9.97 Å². The number of ketones is 2. The molecule has 0 aliphatic carbocycles. The summed E-state index contributed by atoms with van der Waals surface area (Å²) >= 11 is 3.57. The number of hydrogen-bond acceptors (Lipinski definition) is 12. The third-order valence-corrected chi connectivity index (χ3v) is 14.7. The average molecular weight is 1440 g/mol. The van der Waals surface area contributed by atoms with E-state index in [2.05, 4.69) is 123 Å². The number of nitrogens with zero attached hydrogens (tertiary/aromatic N) is 4. The van der Waals surface area contributed by atoms with Crippen LogP contribution in [0.4, 0.5) is 0 Å². The maximum absolute atomic E-state index is 10.0. The molecule has 12 aromatic rings. The number of aromatic nitrogens is 4. The molecule has 0 unspecified atom stereocenters. The maximum atomic E-state index is 10.0. The number of pyridine rings is 4. The Bertz CT molecular complexity index is 4260. The SMILES string of the molecule is CC(=O)C=C(C)O.CC(=O)C=C(C)O.Cc1cc(C)c(-c2cc3cc(-c4[c-]ccc5c4oc4nc(C)ccc45)ncc3s2)c(C)c1.Cc1cc(C)cc(-c2cc3cc(-c4[c-]ccc5c4oc4nc(C)ccc45)ncc3s2)c1.[Ir].[Ir]. The predicted octanol–water partition coefficient (Wildman–Crippen LogP) is 17.7. The van der Waals surface area contributed by atoms with Crippen LogP contribution in [-0.4, -0.2) is 41.7 Å². The van der Waals surface area contributed by atoms with E-state index in [0.29, 0.717) is 11.4 Å². The number of benzene rings is 4. The predicted molar refractivity (Wildman–Crippen MR) is 316 cm³/mol. The van der Waals surface area contributed by atoms with Gasteiger partial charge in [0.05, 0.1) is 32.1 Å². The Balaban J connectivity index is 0.000000181. The van der Waals surface area contributed by atoms with E-state index in [1.807, 2.05) is 62.6 Å². The number of thiophene rings is 2. The van der Waals surface area contributed by atoms with Crippen LogP contribution in [0.5, 0.6) is 0 Å². The minimum atomic E-state index is -0.125. The van der Waals surface area contributed by atoms with E-state index in [0.717, 1.165) is 66.6 Å². The summed E-state index contributed by atoms with van der Waals surface area (Å²) in [5.41, 5.74) is 17.3. The summed E-state index contributed by atoms with van der Waals surface area (Å²) in [5.74, 6) is -0.125. The standard InChI is InChI=1S/C28H21N2OS.C27H19N2OS.2C5H8O2.2Ir/c1-15-10-16(2)26(17(3)11-15)24-13-19-12-23(29-14-25(19)32-24)22-7-5-6-20-21-9-8-18(4)30-28(21)31-27(20)22;1-15-9-16(2)11-18(10-15)24-13-19-12-23(28-14-25(19)31-24)22-6-4-5-20-21-8-7-17(3)29-27(21)30-26(20)22;2*1-4(6)3-5(2)7;;/h5-6,8-14H,1-4H3;4-5,7-14H,1-3H3;2*3,6H,1-2H3;;/q2*-1;;;;. The van der Waals surface area contributed by atoms with E-state index in [1.165, 1.54) is 109 Å². The van der Waals surface area contributed by atoms with Crippen LogP contribution in [-0.2, 0) is 49.8 Å². The van der Waals surface area contributed by atoms with Crippen LogP contribution in [0, 0.1) is 60.6 Å². The maximum Gasteiger partial charge on any atom is 0.216 e. The molecule has 2 N–H and O–H groups in total. The van der Waals surface area contributed by atoms with Gasteiger partial charge in [-0.3, -0.25) is 9.59 Å². The fourth-order valence-electron chi connectivity index (χ4n) is 9.51. The van der Waals surface area contributed by atoms with Crippen LogP contribution in [0.25, 0.3) is 108 Å². The van der Waals surface area contributed by atoms with E-state index < -0.39 is 0 Å². The molecule has 0 spiro atoms. The Morgan fingerprint density at radius 2 is 0.937 bits per heavy atom. The van der Waals surface area contributed by atoms with Gasteiger partial charge in [-0.2, -0.15) is 0 Å². The smallest absolute Gasteiger partial charge is 0.216 e. The van der Waals surface area contributed by atoms with Crippen LogP contribution >= 0.6 is 22.7 Å². The Hall–Kier alpha value is -7.28.